The Morgan fingerprint density at radius 3 is 2.82 bits per heavy atom. The topological polar surface area (TPSA) is 59.6 Å². The van der Waals surface area contributed by atoms with Crippen LogP contribution < -0.4 is 10.6 Å². The van der Waals surface area contributed by atoms with Crippen LogP contribution in [0.3, 0.4) is 0 Å². The normalized spacial score (nSPS) is 18.9. The van der Waals surface area contributed by atoms with Gasteiger partial charge in [-0.15, -0.1) is 0 Å². The van der Waals surface area contributed by atoms with Crippen LogP contribution in [0.1, 0.15) is 26.7 Å². The monoisotopic (exact) mass is 244 g/mol. The van der Waals surface area contributed by atoms with Gasteiger partial charge >= 0.3 is 0 Å². The number of amides is 1. The van der Waals surface area contributed by atoms with Gasteiger partial charge in [-0.05, 0) is 39.8 Å². The summed E-state index contributed by atoms with van der Waals surface area (Å²) >= 11 is 0. The fourth-order valence-electron chi connectivity index (χ4n) is 1.81. The summed E-state index contributed by atoms with van der Waals surface area (Å²) in [4.78, 5) is 11.5. The summed E-state index contributed by atoms with van der Waals surface area (Å²) < 4.78 is 10.9. The molecule has 0 bridgehead atoms. The smallest absolute Gasteiger partial charge is 0.246 e. The molecule has 100 valence electrons. The van der Waals surface area contributed by atoms with E-state index in [0.717, 1.165) is 25.9 Å². The number of rotatable bonds is 7. The minimum absolute atomic E-state index is 0.0582. The zero-order chi connectivity index (χ0) is 12.5. The third kappa shape index (κ3) is 6.61. The van der Waals surface area contributed by atoms with E-state index in [2.05, 4.69) is 10.6 Å². The maximum atomic E-state index is 11.5. The van der Waals surface area contributed by atoms with Crippen LogP contribution in [0.15, 0.2) is 0 Å². The lowest BCUT2D eigenvalue weighted by Gasteiger charge is -2.22. The number of carbonyl (C=O) groups is 1. The predicted molar refractivity (Wildman–Crippen MR) is 65.9 cm³/mol. The minimum Gasteiger partial charge on any atom is -0.377 e. The van der Waals surface area contributed by atoms with E-state index in [1.165, 1.54) is 0 Å². The van der Waals surface area contributed by atoms with Crippen molar-refractivity contribution in [1.82, 2.24) is 10.6 Å². The first-order valence-electron chi connectivity index (χ1n) is 6.43. The summed E-state index contributed by atoms with van der Waals surface area (Å²) in [5, 5.41) is 6.06. The highest BCUT2D eigenvalue weighted by Gasteiger charge is 2.14. The molecule has 1 aliphatic heterocycles. The Morgan fingerprint density at radius 1 is 1.47 bits per heavy atom. The summed E-state index contributed by atoms with van der Waals surface area (Å²) in [6.07, 6.45) is 2.26. The molecule has 1 unspecified atom stereocenters. The second-order valence-electron chi connectivity index (χ2n) is 4.33. The van der Waals surface area contributed by atoms with Crippen molar-refractivity contribution in [3.05, 3.63) is 0 Å². The van der Waals surface area contributed by atoms with Gasteiger partial charge in [0.15, 0.2) is 0 Å². The Kier molecular flexibility index (Phi) is 7.16. The van der Waals surface area contributed by atoms with Crippen molar-refractivity contribution in [3.63, 3.8) is 0 Å². The van der Waals surface area contributed by atoms with Crippen molar-refractivity contribution in [3.8, 4) is 0 Å². The Balaban J connectivity index is 2.04. The van der Waals surface area contributed by atoms with E-state index in [9.17, 15) is 4.79 Å². The second-order valence-corrected chi connectivity index (χ2v) is 4.33. The third-order valence-corrected chi connectivity index (χ3v) is 2.77. The van der Waals surface area contributed by atoms with E-state index in [-0.39, 0.29) is 24.7 Å². The molecule has 1 fully saturated rings. The number of ether oxygens (including phenoxy) is 2. The van der Waals surface area contributed by atoms with Gasteiger partial charge in [-0.2, -0.15) is 0 Å². The van der Waals surface area contributed by atoms with Gasteiger partial charge in [0.1, 0.15) is 6.61 Å². The van der Waals surface area contributed by atoms with E-state index in [4.69, 9.17) is 9.47 Å². The Hall–Kier alpha value is -0.650. The first kappa shape index (κ1) is 14.4. The molecule has 1 rings (SSSR count). The molecule has 0 aromatic rings. The molecule has 5 heteroatoms. The van der Waals surface area contributed by atoms with Crippen LogP contribution in [0.4, 0.5) is 0 Å². The van der Waals surface area contributed by atoms with Crippen molar-refractivity contribution in [1.29, 1.82) is 0 Å². The average molecular weight is 244 g/mol. The molecule has 1 aliphatic rings. The first-order valence-corrected chi connectivity index (χ1v) is 6.43. The molecule has 0 saturated carbocycles. The number of nitrogens with one attached hydrogen (secondary N) is 2. The van der Waals surface area contributed by atoms with Gasteiger partial charge in [0.05, 0.1) is 12.2 Å². The summed E-state index contributed by atoms with van der Waals surface area (Å²) in [5.41, 5.74) is 0. The lowest BCUT2D eigenvalue weighted by Crippen LogP contribution is -2.38. The number of carbonyl (C=O) groups excluding carboxylic acids is 1. The molecule has 1 saturated heterocycles. The standard InChI is InChI=1S/C12H24N2O3/c1-3-16-10(2)8-14-12(15)9-17-11-4-6-13-7-5-11/h10-11,13H,3-9H2,1-2H3,(H,14,15). The SMILES string of the molecule is CCOC(C)CNC(=O)COC1CCNCC1. The average Bonchev–Trinajstić information content (AvgIpc) is 2.35. The number of hydrogen-bond donors (Lipinski definition) is 2. The third-order valence-electron chi connectivity index (χ3n) is 2.77. The van der Waals surface area contributed by atoms with Crippen molar-refractivity contribution >= 4 is 5.91 Å². The molecule has 0 aromatic heterocycles. The first-order chi connectivity index (χ1) is 8.22. The van der Waals surface area contributed by atoms with Gasteiger partial charge in [0.2, 0.25) is 5.91 Å². The zero-order valence-electron chi connectivity index (χ0n) is 10.8. The fourth-order valence-corrected chi connectivity index (χ4v) is 1.81. The maximum absolute atomic E-state index is 11.5. The van der Waals surface area contributed by atoms with Gasteiger partial charge < -0.3 is 20.1 Å². The van der Waals surface area contributed by atoms with Crippen LogP contribution >= 0.6 is 0 Å². The van der Waals surface area contributed by atoms with E-state index in [1.807, 2.05) is 13.8 Å². The molecule has 0 radical (unpaired) electrons. The summed E-state index contributed by atoms with van der Waals surface area (Å²) in [7, 11) is 0. The minimum atomic E-state index is -0.0601. The summed E-state index contributed by atoms with van der Waals surface area (Å²) in [5.74, 6) is -0.0601. The molecule has 0 aromatic carbocycles. The van der Waals surface area contributed by atoms with Crippen molar-refractivity contribution in [2.45, 2.75) is 38.9 Å². The van der Waals surface area contributed by atoms with E-state index in [0.29, 0.717) is 13.2 Å². The molecule has 1 amide bonds. The van der Waals surface area contributed by atoms with Gasteiger partial charge in [-0.1, -0.05) is 0 Å². The quantitative estimate of drug-likeness (QED) is 0.676. The molecule has 1 heterocycles. The second kappa shape index (κ2) is 8.44. The van der Waals surface area contributed by atoms with Crippen LogP contribution in [0.5, 0.6) is 0 Å². The van der Waals surface area contributed by atoms with Crippen LogP contribution in [-0.4, -0.2) is 51.0 Å². The number of hydrogen-bond acceptors (Lipinski definition) is 4. The molecular weight excluding hydrogens is 220 g/mol. The van der Waals surface area contributed by atoms with E-state index in [1.54, 1.807) is 0 Å². The molecule has 0 spiro atoms. The lowest BCUT2D eigenvalue weighted by atomic mass is 10.1. The summed E-state index contributed by atoms with van der Waals surface area (Å²) in [6, 6.07) is 0. The van der Waals surface area contributed by atoms with Crippen LogP contribution in [0.2, 0.25) is 0 Å². The molecule has 17 heavy (non-hydrogen) atoms. The fraction of sp³-hybridized carbons (Fsp3) is 0.917. The molecule has 2 N–H and O–H groups in total. The van der Waals surface area contributed by atoms with E-state index < -0.39 is 0 Å². The highest BCUT2D eigenvalue weighted by molar-refractivity contribution is 5.77. The van der Waals surface area contributed by atoms with Gasteiger partial charge in [0, 0.05) is 13.2 Å². The highest BCUT2D eigenvalue weighted by Crippen LogP contribution is 2.06. The highest BCUT2D eigenvalue weighted by atomic mass is 16.5. The predicted octanol–water partition coefficient (Wildman–Crippen LogP) is 0.296. The molecule has 5 nitrogen and oxygen atoms in total. The van der Waals surface area contributed by atoms with Gasteiger partial charge in [0.25, 0.3) is 0 Å². The van der Waals surface area contributed by atoms with Crippen molar-refractivity contribution in [2.75, 3.05) is 32.8 Å². The van der Waals surface area contributed by atoms with Gasteiger partial charge in [-0.3, -0.25) is 4.79 Å². The van der Waals surface area contributed by atoms with Crippen LogP contribution in [0.25, 0.3) is 0 Å². The maximum Gasteiger partial charge on any atom is 0.246 e. The Bertz CT molecular complexity index is 218. The van der Waals surface area contributed by atoms with Crippen LogP contribution in [0, 0.1) is 0 Å². The van der Waals surface area contributed by atoms with E-state index >= 15 is 0 Å². The van der Waals surface area contributed by atoms with Crippen LogP contribution in [-0.2, 0) is 14.3 Å². The van der Waals surface area contributed by atoms with Crippen molar-refractivity contribution in [2.24, 2.45) is 0 Å². The van der Waals surface area contributed by atoms with Crippen molar-refractivity contribution < 1.29 is 14.3 Å². The zero-order valence-corrected chi connectivity index (χ0v) is 10.8. The molecule has 1 atom stereocenters. The Labute approximate surface area is 103 Å². The largest absolute Gasteiger partial charge is 0.377 e. The molecular formula is C12H24N2O3. The van der Waals surface area contributed by atoms with Gasteiger partial charge in [-0.25, -0.2) is 0 Å². The Morgan fingerprint density at radius 2 is 2.18 bits per heavy atom. The summed E-state index contributed by atoms with van der Waals surface area (Å²) in [6.45, 7) is 7.21. The lowest BCUT2D eigenvalue weighted by molar-refractivity contribution is -0.128. The number of piperidine rings is 1. The molecule has 0 aliphatic carbocycles.